The van der Waals surface area contributed by atoms with E-state index in [0.29, 0.717) is 23.8 Å². The fourth-order valence-electron chi connectivity index (χ4n) is 2.44. The standard InChI is InChI=1S/C16H25N3O2/c1-10-11(5-6-21-10)9-18-15(20)12-7-13(16(2,3)4)19-14(17)8-12/h7-8,10-11H,5-6,9H2,1-4H3,(H2,17,19)(H,18,20). The average molecular weight is 291 g/mol. The number of ether oxygens (including phenoxy) is 1. The van der Waals surface area contributed by atoms with Crippen LogP contribution in [0.1, 0.15) is 50.2 Å². The first-order valence-corrected chi connectivity index (χ1v) is 7.45. The van der Waals surface area contributed by atoms with Gasteiger partial charge in [-0.1, -0.05) is 20.8 Å². The van der Waals surface area contributed by atoms with Gasteiger partial charge in [-0.2, -0.15) is 0 Å². The number of pyridine rings is 1. The lowest BCUT2D eigenvalue weighted by molar-refractivity contribution is 0.0907. The fraction of sp³-hybridized carbons (Fsp3) is 0.625. The van der Waals surface area contributed by atoms with Crippen molar-refractivity contribution in [2.45, 2.75) is 45.6 Å². The fourth-order valence-corrected chi connectivity index (χ4v) is 2.44. The lowest BCUT2D eigenvalue weighted by Gasteiger charge is -2.19. The number of nitrogen functional groups attached to an aromatic ring is 1. The second-order valence-electron chi connectivity index (χ2n) is 6.75. The molecule has 0 aliphatic carbocycles. The summed E-state index contributed by atoms with van der Waals surface area (Å²) in [5, 5.41) is 2.97. The molecule has 1 aliphatic heterocycles. The van der Waals surface area contributed by atoms with Gasteiger partial charge in [-0.3, -0.25) is 4.79 Å². The van der Waals surface area contributed by atoms with E-state index in [1.54, 1.807) is 6.07 Å². The normalized spacial score (nSPS) is 22.3. The van der Waals surface area contributed by atoms with Crippen molar-refractivity contribution in [1.82, 2.24) is 10.3 Å². The van der Waals surface area contributed by atoms with Gasteiger partial charge in [0.15, 0.2) is 0 Å². The van der Waals surface area contributed by atoms with Gasteiger partial charge in [0.25, 0.3) is 5.91 Å². The summed E-state index contributed by atoms with van der Waals surface area (Å²) in [5.41, 5.74) is 7.08. The van der Waals surface area contributed by atoms with Crippen LogP contribution in [0.15, 0.2) is 12.1 Å². The Labute approximate surface area is 126 Å². The molecule has 0 bridgehead atoms. The smallest absolute Gasteiger partial charge is 0.251 e. The zero-order valence-electron chi connectivity index (χ0n) is 13.3. The van der Waals surface area contributed by atoms with Crippen molar-refractivity contribution in [2.24, 2.45) is 5.92 Å². The lowest BCUT2D eigenvalue weighted by atomic mass is 9.90. The highest BCUT2D eigenvalue weighted by molar-refractivity contribution is 5.95. The molecule has 1 aromatic rings. The summed E-state index contributed by atoms with van der Waals surface area (Å²) in [6.07, 6.45) is 1.20. The van der Waals surface area contributed by atoms with E-state index < -0.39 is 0 Å². The quantitative estimate of drug-likeness (QED) is 0.894. The minimum absolute atomic E-state index is 0.103. The van der Waals surface area contributed by atoms with Crippen molar-refractivity contribution >= 4 is 11.7 Å². The Bertz CT molecular complexity index is 523. The number of carbonyl (C=O) groups excluding carboxylic acids is 1. The monoisotopic (exact) mass is 291 g/mol. The van der Waals surface area contributed by atoms with Gasteiger partial charge in [0.2, 0.25) is 0 Å². The van der Waals surface area contributed by atoms with Crippen LogP contribution in [0.2, 0.25) is 0 Å². The maximum atomic E-state index is 12.3. The van der Waals surface area contributed by atoms with Crippen molar-refractivity contribution in [3.8, 4) is 0 Å². The minimum Gasteiger partial charge on any atom is -0.384 e. The second-order valence-corrected chi connectivity index (χ2v) is 6.75. The van der Waals surface area contributed by atoms with Crippen molar-refractivity contribution in [1.29, 1.82) is 0 Å². The number of hydrogen-bond acceptors (Lipinski definition) is 4. The number of nitrogens with zero attached hydrogens (tertiary/aromatic N) is 1. The SMILES string of the molecule is CC1OCCC1CNC(=O)c1cc(N)nc(C(C)(C)C)c1. The molecule has 1 aromatic heterocycles. The lowest BCUT2D eigenvalue weighted by Crippen LogP contribution is -2.32. The van der Waals surface area contributed by atoms with Crippen LogP contribution in [0, 0.1) is 5.92 Å². The van der Waals surface area contributed by atoms with Crippen LogP contribution in [0.25, 0.3) is 0 Å². The molecule has 5 nitrogen and oxygen atoms in total. The third kappa shape index (κ3) is 3.94. The van der Waals surface area contributed by atoms with Crippen molar-refractivity contribution < 1.29 is 9.53 Å². The molecule has 0 saturated carbocycles. The molecule has 1 fully saturated rings. The number of nitrogens with one attached hydrogen (secondary N) is 1. The molecule has 116 valence electrons. The molecular weight excluding hydrogens is 266 g/mol. The summed E-state index contributed by atoms with van der Waals surface area (Å²) in [6, 6.07) is 3.44. The van der Waals surface area contributed by atoms with E-state index in [-0.39, 0.29) is 17.4 Å². The molecular formula is C16H25N3O2. The van der Waals surface area contributed by atoms with Crippen LogP contribution in [0.4, 0.5) is 5.82 Å². The third-order valence-electron chi connectivity index (χ3n) is 3.93. The predicted molar refractivity (Wildman–Crippen MR) is 83.2 cm³/mol. The van der Waals surface area contributed by atoms with E-state index in [1.807, 2.05) is 33.8 Å². The van der Waals surface area contributed by atoms with Crippen LogP contribution in [0.5, 0.6) is 0 Å². The van der Waals surface area contributed by atoms with Gasteiger partial charge in [-0.15, -0.1) is 0 Å². The van der Waals surface area contributed by atoms with Crippen LogP contribution < -0.4 is 11.1 Å². The molecule has 5 heteroatoms. The molecule has 21 heavy (non-hydrogen) atoms. The summed E-state index contributed by atoms with van der Waals surface area (Å²) < 4.78 is 5.51. The van der Waals surface area contributed by atoms with Gasteiger partial charge < -0.3 is 15.8 Å². The average Bonchev–Trinajstić information content (AvgIpc) is 2.79. The first-order valence-electron chi connectivity index (χ1n) is 7.45. The Kier molecular flexibility index (Phi) is 4.52. The van der Waals surface area contributed by atoms with Gasteiger partial charge in [-0.25, -0.2) is 4.98 Å². The number of carbonyl (C=O) groups is 1. The molecule has 1 amide bonds. The molecule has 0 aromatic carbocycles. The number of anilines is 1. The summed E-state index contributed by atoms with van der Waals surface area (Å²) in [4.78, 5) is 16.6. The van der Waals surface area contributed by atoms with E-state index in [1.165, 1.54) is 0 Å². The maximum absolute atomic E-state index is 12.3. The number of amides is 1. The van der Waals surface area contributed by atoms with Crippen LogP contribution in [-0.2, 0) is 10.2 Å². The Morgan fingerprint density at radius 1 is 1.48 bits per heavy atom. The summed E-state index contributed by atoms with van der Waals surface area (Å²) >= 11 is 0. The molecule has 1 saturated heterocycles. The molecule has 2 rings (SSSR count). The molecule has 0 spiro atoms. The number of hydrogen-bond donors (Lipinski definition) is 2. The molecule has 3 N–H and O–H groups in total. The van der Waals surface area contributed by atoms with E-state index in [2.05, 4.69) is 10.3 Å². The van der Waals surface area contributed by atoms with E-state index in [0.717, 1.165) is 18.7 Å². The Hall–Kier alpha value is -1.62. The van der Waals surface area contributed by atoms with Crippen molar-refractivity contribution in [3.63, 3.8) is 0 Å². The number of rotatable bonds is 3. The van der Waals surface area contributed by atoms with Crippen LogP contribution in [-0.4, -0.2) is 30.1 Å². The molecule has 2 unspecified atom stereocenters. The first kappa shape index (κ1) is 15.8. The highest BCUT2D eigenvalue weighted by Gasteiger charge is 2.25. The minimum atomic E-state index is -0.141. The molecule has 1 aliphatic rings. The molecule has 0 radical (unpaired) electrons. The first-order chi connectivity index (χ1) is 9.77. The highest BCUT2D eigenvalue weighted by atomic mass is 16.5. The Morgan fingerprint density at radius 3 is 2.76 bits per heavy atom. The van der Waals surface area contributed by atoms with Crippen LogP contribution in [0.3, 0.4) is 0 Å². The predicted octanol–water partition coefficient (Wildman–Crippen LogP) is 2.12. The van der Waals surface area contributed by atoms with Crippen molar-refractivity contribution in [2.75, 3.05) is 18.9 Å². The van der Waals surface area contributed by atoms with Crippen LogP contribution >= 0.6 is 0 Å². The van der Waals surface area contributed by atoms with Gasteiger partial charge in [0.05, 0.1) is 6.10 Å². The van der Waals surface area contributed by atoms with Gasteiger partial charge >= 0.3 is 0 Å². The zero-order valence-corrected chi connectivity index (χ0v) is 13.3. The summed E-state index contributed by atoms with van der Waals surface area (Å²) in [5.74, 6) is 0.661. The maximum Gasteiger partial charge on any atom is 0.251 e. The summed E-state index contributed by atoms with van der Waals surface area (Å²) in [6.45, 7) is 9.60. The van der Waals surface area contributed by atoms with E-state index in [4.69, 9.17) is 10.5 Å². The topological polar surface area (TPSA) is 77.2 Å². The second kappa shape index (κ2) is 6.02. The molecule has 2 atom stereocenters. The number of nitrogens with two attached hydrogens (primary N) is 1. The van der Waals surface area contributed by atoms with Gasteiger partial charge in [0.1, 0.15) is 5.82 Å². The van der Waals surface area contributed by atoms with E-state index in [9.17, 15) is 4.79 Å². The van der Waals surface area contributed by atoms with Gasteiger partial charge in [-0.05, 0) is 25.5 Å². The Balaban J connectivity index is 2.07. The third-order valence-corrected chi connectivity index (χ3v) is 3.93. The van der Waals surface area contributed by atoms with Crippen molar-refractivity contribution in [3.05, 3.63) is 23.4 Å². The largest absolute Gasteiger partial charge is 0.384 e. The molecule has 2 heterocycles. The zero-order chi connectivity index (χ0) is 15.6. The van der Waals surface area contributed by atoms with Gasteiger partial charge in [0, 0.05) is 35.7 Å². The number of aromatic nitrogens is 1. The highest BCUT2D eigenvalue weighted by Crippen LogP contribution is 2.23. The van der Waals surface area contributed by atoms with E-state index >= 15 is 0 Å². The summed E-state index contributed by atoms with van der Waals surface area (Å²) in [7, 11) is 0. The Morgan fingerprint density at radius 2 is 2.19 bits per heavy atom.